The Kier molecular flexibility index (Phi) is 4.93. The van der Waals surface area contributed by atoms with E-state index in [2.05, 4.69) is 15.6 Å². The first-order chi connectivity index (χ1) is 10.5. The van der Waals surface area contributed by atoms with Crippen molar-refractivity contribution in [2.24, 2.45) is 0 Å². The Morgan fingerprint density at radius 1 is 1.23 bits per heavy atom. The first-order valence-electron chi connectivity index (χ1n) is 7.07. The monoisotopic (exact) mass is 301 g/mol. The Bertz CT molecular complexity index is 713. The van der Waals surface area contributed by atoms with Gasteiger partial charge in [0.1, 0.15) is 0 Å². The molecule has 0 unspecified atom stereocenters. The SMILES string of the molecule is CC(=O)NCCNc1c(CC(=O)O)c(C)nc2ccccc12. The number of carbonyl (C=O) groups excluding carboxylic acids is 1. The Labute approximate surface area is 128 Å². The van der Waals surface area contributed by atoms with Crippen LogP contribution in [0.5, 0.6) is 0 Å². The van der Waals surface area contributed by atoms with Crippen LogP contribution in [0.1, 0.15) is 18.2 Å². The molecule has 0 aliphatic carbocycles. The van der Waals surface area contributed by atoms with Crippen molar-refractivity contribution in [1.29, 1.82) is 0 Å². The predicted molar refractivity (Wildman–Crippen MR) is 85.0 cm³/mol. The normalized spacial score (nSPS) is 10.5. The molecule has 0 aliphatic heterocycles. The van der Waals surface area contributed by atoms with Gasteiger partial charge < -0.3 is 15.7 Å². The van der Waals surface area contributed by atoms with Crippen LogP contribution in [-0.2, 0) is 16.0 Å². The molecule has 1 aromatic carbocycles. The number of hydrogen-bond acceptors (Lipinski definition) is 4. The summed E-state index contributed by atoms with van der Waals surface area (Å²) in [5.41, 5.74) is 2.96. The summed E-state index contributed by atoms with van der Waals surface area (Å²) in [6.07, 6.45) is -0.0911. The minimum Gasteiger partial charge on any atom is -0.481 e. The van der Waals surface area contributed by atoms with Crippen molar-refractivity contribution in [1.82, 2.24) is 10.3 Å². The summed E-state index contributed by atoms with van der Waals surface area (Å²) in [5.74, 6) is -0.992. The van der Waals surface area contributed by atoms with Gasteiger partial charge in [0.25, 0.3) is 0 Å². The molecule has 1 heterocycles. The third-order valence-electron chi connectivity index (χ3n) is 3.33. The lowest BCUT2D eigenvalue weighted by atomic mass is 10.0. The molecule has 1 amide bonds. The minimum atomic E-state index is -0.898. The number of aryl methyl sites for hydroxylation is 1. The summed E-state index contributed by atoms with van der Waals surface area (Å²) in [5, 5.41) is 15.9. The number of nitrogens with zero attached hydrogens (tertiary/aromatic N) is 1. The number of nitrogens with one attached hydrogen (secondary N) is 2. The van der Waals surface area contributed by atoms with Crippen molar-refractivity contribution in [2.45, 2.75) is 20.3 Å². The van der Waals surface area contributed by atoms with E-state index in [-0.39, 0.29) is 12.3 Å². The smallest absolute Gasteiger partial charge is 0.307 e. The highest BCUT2D eigenvalue weighted by Gasteiger charge is 2.14. The van der Waals surface area contributed by atoms with E-state index in [9.17, 15) is 9.59 Å². The van der Waals surface area contributed by atoms with Crippen LogP contribution in [0, 0.1) is 6.92 Å². The second kappa shape index (κ2) is 6.89. The fraction of sp³-hybridized carbons (Fsp3) is 0.312. The third-order valence-corrected chi connectivity index (χ3v) is 3.33. The maximum Gasteiger partial charge on any atom is 0.307 e. The lowest BCUT2D eigenvalue weighted by molar-refractivity contribution is -0.136. The van der Waals surface area contributed by atoms with Gasteiger partial charge in [0.05, 0.1) is 11.9 Å². The second-order valence-corrected chi connectivity index (χ2v) is 5.05. The summed E-state index contributed by atoms with van der Waals surface area (Å²) >= 11 is 0. The summed E-state index contributed by atoms with van der Waals surface area (Å²) in [7, 11) is 0. The number of benzene rings is 1. The van der Waals surface area contributed by atoms with Crippen molar-refractivity contribution in [2.75, 3.05) is 18.4 Å². The van der Waals surface area contributed by atoms with Crippen molar-refractivity contribution < 1.29 is 14.7 Å². The van der Waals surface area contributed by atoms with Gasteiger partial charge in [0, 0.05) is 42.3 Å². The van der Waals surface area contributed by atoms with Crippen LogP contribution in [0.15, 0.2) is 24.3 Å². The molecule has 0 bridgehead atoms. The van der Waals surface area contributed by atoms with E-state index >= 15 is 0 Å². The molecule has 1 aromatic heterocycles. The van der Waals surface area contributed by atoms with Crippen LogP contribution in [0.2, 0.25) is 0 Å². The van der Waals surface area contributed by atoms with Crippen molar-refractivity contribution in [3.8, 4) is 0 Å². The summed E-state index contributed by atoms with van der Waals surface area (Å²) < 4.78 is 0. The molecule has 0 spiro atoms. The molecule has 0 fully saturated rings. The molecule has 2 aromatic rings. The Hall–Kier alpha value is -2.63. The van der Waals surface area contributed by atoms with E-state index in [1.807, 2.05) is 31.2 Å². The zero-order valence-corrected chi connectivity index (χ0v) is 12.6. The molecule has 0 saturated heterocycles. The summed E-state index contributed by atoms with van der Waals surface area (Å²) in [6, 6.07) is 7.59. The molecule has 0 saturated carbocycles. The van der Waals surface area contributed by atoms with E-state index in [0.717, 1.165) is 16.6 Å². The molecule has 3 N–H and O–H groups in total. The van der Waals surface area contributed by atoms with Gasteiger partial charge in [0.2, 0.25) is 5.91 Å². The predicted octanol–water partition coefficient (Wildman–Crippen LogP) is 1.72. The first kappa shape index (κ1) is 15.8. The number of pyridine rings is 1. The van der Waals surface area contributed by atoms with Crippen LogP contribution < -0.4 is 10.6 Å². The van der Waals surface area contributed by atoms with Crippen LogP contribution in [0.3, 0.4) is 0 Å². The maximum absolute atomic E-state index is 11.1. The number of amides is 1. The molecular formula is C16H19N3O3. The molecule has 22 heavy (non-hydrogen) atoms. The molecule has 2 rings (SSSR count). The molecule has 0 aliphatic rings. The molecule has 116 valence electrons. The zero-order chi connectivity index (χ0) is 16.1. The number of carbonyl (C=O) groups is 2. The van der Waals surface area contributed by atoms with E-state index < -0.39 is 5.97 Å². The largest absolute Gasteiger partial charge is 0.481 e. The van der Waals surface area contributed by atoms with E-state index in [1.54, 1.807) is 0 Å². The molecule has 6 heteroatoms. The van der Waals surface area contributed by atoms with Gasteiger partial charge in [-0.1, -0.05) is 18.2 Å². The summed E-state index contributed by atoms with van der Waals surface area (Å²) in [4.78, 5) is 26.5. The van der Waals surface area contributed by atoms with Gasteiger partial charge in [-0.3, -0.25) is 14.6 Å². The highest BCUT2D eigenvalue weighted by atomic mass is 16.4. The standard InChI is InChI=1S/C16H19N3O3/c1-10-13(9-15(21)22)16(18-8-7-17-11(2)20)12-5-3-4-6-14(12)19-10/h3-6H,7-9H2,1-2H3,(H,17,20)(H,18,19)(H,21,22). The minimum absolute atomic E-state index is 0.0911. The highest BCUT2D eigenvalue weighted by Crippen LogP contribution is 2.28. The van der Waals surface area contributed by atoms with Gasteiger partial charge >= 0.3 is 5.97 Å². The van der Waals surface area contributed by atoms with E-state index in [0.29, 0.717) is 24.3 Å². The average molecular weight is 301 g/mol. The quantitative estimate of drug-likeness (QED) is 0.707. The zero-order valence-electron chi connectivity index (χ0n) is 12.6. The number of rotatable bonds is 6. The van der Waals surface area contributed by atoms with Gasteiger partial charge in [0.15, 0.2) is 0 Å². The maximum atomic E-state index is 11.1. The topological polar surface area (TPSA) is 91.3 Å². The number of aromatic nitrogens is 1. The van der Waals surface area contributed by atoms with Crippen molar-refractivity contribution in [3.63, 3.8) is 0 Å². The highest BCUT2D eigenvalue weighted by molar-refractivity contribution is 5.94. The number of carboxylic acid groups (broad SMARTS) is 1. The van der Waals surface area contributed by atoms with Gasteiger partial charge in [-0.2, -0.15) is 0 Å². The van der Waals surface area contributed by atoms with Gasteiger partial charge in [-0.15, -0.1) is 0 Å². The Morgan fingerprint density at radius 2 is 1.95 bits per heavy atom. The molecule has 0 radical (unpaired) electrons. The lowest BCUT2D eigenvalue weighted by Crippen LogP contribution is -2.26. The number of aliphatic carboxylic acids is 1. The number of anilines is 1. The fourth-order valence-corrected chi connectivity index (χ4v) is 2.37. The lowest BCUT2D eigenvalue weighted by Gasteiger charge is -2.16. The number of para-hydroxylation sites is 1. The van der Waals surface area contributed by atoms with Crippen LogP contribution in [0.25, 0.3) is 10.9 Å². The molecular weight excluding hydrogens is 282 g/mol. The molecule has 6 nitrogen and oxygen atoms in total. The molecule has 0 atom stereocenters. The fourth-order valence-electron chi connectivity index (χ4n) is 2.37. The van der Waals surface area contributed by atoms with Crippen LogP contribution in [0.4, 0.5) is 5.69 Å². The first-order valence-corrected chi connectivity index (χ1v) is 7.07. The van der Waals surface area contributed by atoms with Gasteiger partial charge in [-0.05, 0) is 13.0 Å². The average Bonchev–Trinajstić information content (AvgIpc) is 2.45. The number of fused-ring (bicyclic) bond motifs is 1. The number of hydrogen-bond donors (Lipinski definition) is 3. The van der Waals surface area contributed by atoms with E-state index in [1.165, 1.54) is 6.92 Å². The van der Waals surface area contributed by atoms with Crippen LogP contribution >= 0.6 is 0 Å². The second-order valence-electron chi connectivity index (χ2n) is 5.05. The Morgan fingerprint density at radius 3 is 2.64 bits per heavy atom. The van der Waals surface area contributed by atoms with Gasteiger partial charge in [-0.25, -0.2) is 0 Å². The number of carboxylic acids is 1. The Balaban J connectivity index is 2.37. The van der Waals surface area contributed by atoms with Crippen LogP contribution in [-0.4, -0.2) is 35.1 Å². The van der Waals surface area contributed by atoms with Crippen molar-refractivity contribution >= 4 is 28.5 Å². The summed E-state index contributed by atoms with van der Waals surface area (Å²) in [6.45, 7) is 4.25. The van der Waals surface area contributed by atoms with E-state index in [4.69, 9.17) is 5.11 Å². The third kappa shape index (κ3) is 3.72. The van der Waals surface area contributed by atoms with Crippen molar-refractivity contribution in [3.05, 3.63) is 35.5 Å².